The first-order valence-electron chi connectivity index (χ1n) is 8.46. The monoisotopic (exact) mass is 341 g/mol. The molecule has 0 aliphatic rings. The second-order valence-corrected chi connectivity index (χ2v) is 5.80. The maximum absolute atomic E-state index is 12.6. The molecule has 4 heteroatoms. The predicted octanol–water partition coefficient (Wildman–Crippen LogP) is 4.91. The molecule has 0 aliphatic heterocycles. The fraction of sp³-hybridized carbons (Fsp3) is 0.0909. The van der Waals surface area contributed by atoms with Crippen molar-refractivity contribution in [2.24, 2.45) is 0 Å². The number of nitrogens with zero attached hydrogens (tertiary/aromatic N) is 1. The van der Waals surface area contributed by atoms with Gasteiger partial charge in [-0.2, -0.15) is 5.26 Å². The highest BCUT2D eigenvalue weighted by molar-refractivity contribution is 6.05. The second-order valence-electron chi connectivity index (χ2n) is 5.80. The summed E-state index contributed by atoms with van der Waals surface area (Å²) in [6.45, 7) is 2.78. The molecule has 0 bridgehead atoms. The molecule has 0 heterocycles. The number of hydrogen-bond donors (Lipinski definition) is 2. The number of benzene rings is 3. The van der Waals surface area contributed by atoms with Crippen molar-refractivity contribution in [3.63, 3.8) is 0 Å². The van der Waals surface area contributed by atoms with Crippen molar-refractivity contribution in [2.45, 2.75) is 6.92 Å². The van der Waals surface area contributed by atoms with Crippen LogP contribution in [-0.2, 0) is 0 Å². The second kappa shape index (κ2) is 8.00. The quantitative estimate of drug-likeness (QED) is 0.693. The van der Waals surface area contributed by atoms with E-state index < -0.39 is 0 Å². The zero-order chi connectivity index (χ0) is 18.4. The van der Waals surface area contributed by atoms with Crippen molar-refractivity contribution in [3.8, 4) is 17.2 Å². The van der Waals surface area contributed by atoms with E-state index in [1.165, 1.54) is 0 Å². The van der Waals surface area contributed by atoms with Crippen molar-refractivity contribution in [1.82, 2.24) is 0 Å². The van der Waals surface area contributed by atoms with E-state index in [9.17, 15) is 10.1 Å². The number of nitriles is 1. The number of carbonyl (C=O) groups excluding carboxylic acids is 1. The Morgan fingerprint density at radius 3 is 2.50 bits per heavy atom. The molecular weight excluding hydrogens is 322 g/mol. The lowest BCUT2D eigenvalue weighted by Gasteiger charge is -2.11. The van der Waals surface area contributed by atoms with Gasteiger partial charge in [0.05, 0.1) is 11.3 Å². The summed E-state index contributed by atoms with van der Waals surface area (Å²) >= 11 is 0. The average Bonchev–Trinajstić information content (AvgIpc) is 2.69. The minimum absolute atomic E-state index is 0.244. The van der Waals surface area contributed by atoms with Gasteiger partial charge in [-0.15, -0.1) is 0 Å². The smallest absolute Gasteiger partial charge is 0.255 e. The standard InChI is InChI=1S/C22H19N3O/c1-2-24-20-10-6-9-18(13-20)22(26)25-21-14-17(11-12-19(21)15-23)16-7-4-3-5-8-16/h3-14,24H,2H2,1H3,(H,25,26). The molecule has 3 aromatic carbocycles. The van der Waals surface area contributed by atoms with Gasteiger partial charge in [-0.3, -0.25) is 4.79 Å². The zero-order valence-corrected chi connectivity index (χ0v) is 14.5. The van der Waals surface area contributed by atoms with Crippen molar-refractivity contribution in [3.05, 3.63) is 83.9 Å². The van der Waals surface area contributed by atoms with Crippen LogP contribution < -0.4 is 10.6 Å². The Kier molecular flexibility index (Phi) is 5.31. The van der Waals surface area contributed by atoms with E-state index in [0.29, 0.717) is 16.8 Å². The minimum atomic E-state index is -0.244. The van der Waals surface area contributed by atoms with Gasteiger partial charge in [0.25, 0.3) is 5.91 Å². The third-order valence-corrected chi connectivity index (χ3v) is 4.00. The van der Waals surface area contributed by atoms with Crippen molar-refractivity contribution in [2.75, 3.05) is 17.2 Å². The van der Waals surface area contributed by atoms with Crippen molar-refractivity contribution >= 4 is 17.3 Å². The lowest BCUT2D eigenvalue weighted by Crippen LogP contribution is -2.13. The Hall–Kier alpha value is -3.58. The largest absolute Gasteiger partial charge is 0.385 e. The van der Waals surface area contributed by atoms with E-state index in [0.717, 1.165) is 23.4 Å². The lowest BCUT2D eigenvalue weighted by molar-refractivity contribution is 0.102. The van der Waals surface area contributed by atoms with Gasteiger partial charge < -0.3 is 10.6 Å². The Morgan fingerprint density at radius 1 is 0.962 bits per heavy atom. The molecular formula is C22H19N3O. The van der Waals surface area contributed by atoms with E-state index in [-0.39, 0.29) is 5.91 Å². The van der Waals surface area contributed by atoms with Crippen molar-refractivity contribution < 1.29 is 4.79 Å². The van der Waals surface area contributed by atoms with Crippen LogP contribution in [0.3, 0.4) is 0 Å². The van der Waals surface area contributed by atoms with Crippen LogP contribution in [0.25, 0.3) is 11.1 Å². The van der Waals surface area contributed by atoms with Crippen LogP contribution in [0, 0.1) is 11.3 Å². The first-order valence-corrected chi connectivity index (χ1v) is 8.46. The SMILES string of the molecule is CCNc1cccc(C(=O)Nc2cc(-c3ccccc3)ccc2C#N)c1. The van der Waals surface area contributed by atoms with E-state index in [4.69, 9.17) is 0 Å². The third-order valence-electron chi connectivity index (χ3n) is 4.00. The number of hydrogen-bond acceptors (Lipinski definition) is 3. The fourth-order valence-corrected chi connectivity index (χ4v) is 2.72. The molecule has 0 spiro atoms. The van der Waals surface area contributed by atoms with Crippen LogP contribution >= 0.6 is 0 Å². The molecule has 0 aromatic heterocycles. The molecule has 0 fully saturated rings. The van der Waals surface area contributed by atoms with E-state index in [1.807, 2.05) is 61.5 Å². The van der Waals surface area contributed by atoms with E-state index in [1.54, 1.807) is 18.2 Å². The van der Waals surface area contributed by atoms with Crippen LogP contribution in [0.15, 0.2) is 72.8 Å². The zero-order valence-electron chi connectivity index (χ0n) is 14.5. The summed E-state index contributed by atoms with van der Waals surface area (Å²) in [7, 11) is 0. The van der Waals surface area contributed by atoms with Crippen molar-refractivity contribution in [1.29, 1.82) is 5.26 Å². The Balaban J connectivity index is 1.90. The molecule has 0 radical (unpaired) electrons. The fourth-order valence-electron chi connectivity index (χ4n) is 2.72. The predicted molar refractivity (Wildman–Crippen MR) is 105 cm³/mol. The number of rotatable bonds is 5. The number of amides is 1. The summed E-state index contributed by atoms with van der Waals surface area (Å²) < 4.78 is 0. The maximum Gasteiger partial charge on any atom is 0.255 e. The summed E-state index contributed by atoms with van der Waals surface area (Å²) in [5, 5.41) is 15.4. The van der Waals surface area contributed by atoms with Gasteiger partial charge in [-0.25, -0.2) is 0 Å². The molecule has 2 N–H and O–H groups in total. The molecule has 3 rings (SSSR count). The third kappa shape index (κ3) is 3.90. The molecule has 1 amide bonds. The molecule has 0 aliphatic carbocycles. The molecule has 128 valence electrons. The van der Waals surface area contributed by atoms with Gasteiger partial charge in [0.2, 0.25) is 0 Å². The highest BCUT2D eigenvalue weighted by Crippen LogP contribution is 2.26. The topological polar surface area (TPSA) is 64.9 Å². The Bertz CT molecular complexity index is 959. The summed E-state index contributed by atoms with van der Waals surface area (Å²) in [6.07, 6.45) is 0. The van der Waals surface area contributed by atoms with Gasteiger partial charge in [0.1, 0.15) is 6.07 Å². The number of anilines is 2. The van der Waals surface area contributed by atoms with Gasteiger partial charge in [0.15, 0.2) is 0 Å². The van der Waals surface area contributed by atoms with Gasteiger partial charge in [0, 0.05) is 17.8 Å². The number of carbonyl (C=O) groups is 1. The van der Waals surface area contributed by atoms with E-state index in [2.05, 4.69) is 16.7 Å². The normalized spacial score (nSPS) is 10.0. The van der Waals surface area contributed by atoms with Crippen LogP contribution in [0.4, 0.5) is 11.4 Å². The first-order chi connectivity index (χ1) is 12.7. The first kappa shape index (κ1) is 17.2. The van der Waals surface area contributed by atoms with Crippen LogP contribution in [0.2, 0.25) is 0 Å². The summed E-state index contributed by atoms with van der Waals surface area (Å²) in [6, 6.07) is 24.7. The minimum Gasteiger partial charge on any atom is -0.385 e. The van der Waals surface area contributed by atoms with Gasteiger partial charge >= 0.3 is 0 Å². The molecule has 0 unspecified atom stereocenters. The van der Waals surface area contributed by atoms with E-state index >= 15 is 0 Å². The van der Waals surface area contributed by atoms with Crippen LogP contribution in [-0.4, -0.2) is 12.5 Å². The number of nitrogens with one attached hydrogen (secondary N) is 2. The van der Waals surface area contributed by atoms with Gasteiger partial charge in [-0.1, -0.05) is 42.5 Å². The average molecular weight is 341 g/mol. The lowest BCUT2D eigenvalue weighted by atomic mass is 10.0. The van der Waals surface area contributed by atoms with Gasteiger partial charge in [-0.05, 0) is 48.4 Å². The van der Waals surface area contributed by atoms with Crippen LogP contribution in [0.1, 0.15) is 22.8 Å². The maximum atomic E-state index is 12.6. The summed E-state index contributed by atoms with van der Waals surface area (Å²) in [5.41, 5.74) is 4.34. The molecule has 26 heavy (non-hydrogen) atoms. The van der Waals surface area contributed by atoms with Crippen LogP contribution in [0.5, 0.6) is 0 Å². The molecule has 3 aromatic rings. The summed E-state index contributed by atoms with van der Waals surface area (Å²) in [4.78, 5) is 12.6. The Morgan fingerprint density at radius 2 is 1.77 bits per heavy atom. The molecule has 0 saturated heterocycles. The summed E-state index contributed by atoms with van der Waals surface area (Å²) in [5.74, 6) is -0.244. The molecule has 0 saturated carbocycles. The molecule has 0 atom stereocenters. The molecule has 4 nitrogen and oxygen atoms in total. The highest BCUT2D eigenvalue weighted by Gasteiger charge is 2.11. The Labute approximate surface area is 153 Å². The highest BCUT2D eigenvalue weighted by atomic mass is 16.1.